The Labute approximate surface area is 348 Å². The summed E-state index contributed by atoms with van der Waals surface area (Å²) in [5.41, 5.74) is 2.09. The molecule has 0 unspecified atom stereocenters. The lowest BCUT2D eigenvalue weighted by atomic mass is 10.0. The van der Waals surface area contributed by atoms with E-state index in [-0.39, 0.29) is 35.8 Å². The third-order valence-electron chi connectivity index (χ3n) is 10.2. The fourth-order valence-electron chi connectivity index (χ4n) is 6.78. The highest BCUT2D eigenvalue weighted by molar-refractivity contribution is 5.99. The van der Waals surface area contributed by atoms with E-state index >= 15 is 0 Å². The van der Waals surface area contributed by atoms with Crippen LogP contribution >= 0.6 is 0 Å². The van der Waals surface area contributed by atoms with Crippen LogP contribution in [0.1, 0.15) is 60.3 Å². The lowest BCUT2D eigenvalue weighted by Gasteiger charge is -2.34. The minimum absolute atomic E-state index is 0.0402. The van der Waals surface area contributed by atoms with Gasteiger partial charge in [-0.2, -0.15) is 4.98 Å². The third-order valence-corrected chi connectivity index (χ3v) is 10.2. The van der Waals surface area contributed by atoms with Crippen molar-refractivity contribution < 1.29 is 33.6 Å². The highest BCUT2D eigenvalue weighted by Gasteiger charge is 2.25. The molecule has 0 radical (unpaired) electrons. The molecule has 2 aliphatic rings. The Morgan fingerprint density at radius 3 is 2.22 bits per heavy atom. The van der Waals surface area contributed by atoms with Crippen molar-refractivity contribution in [2.24, 2.45) is 0 Å². The zero-order valence-electron chi connectivity index (χ0n) is 35.0. The van der Waals surface area contributed by atoms with E-state index in [4.69, 9.17) is 18.9 Å². The maximum Gasteiger partial charge on any atom is 0.256 e. The predicted octanol–water partition coefficient (Wildman–Crippen LogP) is 3.57. The van der Waals surface area contributed by atoms with Crippen molar-refractivity contribution in [2.75, 3.05) is 110 Å². The highest BCUT2D eigenvalue weighted by atomic mass is 16.5. The summed E-state index contributed by atoms with van der Waals surface area (Å²) in [7, 11) is 1.72. The van der Waals surface area contributed by atoms with Crippen molar-refractivity contribution in [3.63, 3.8) is 0 Å². The minimum atomic E-state index is -1.15. The maximum absolute atomic E-state index is 12.9. The Morgan fingerprint density at radius 1 is 0.881 bits per heavy atom. The van der Waals surface area contributed by atoms with Crippen molar-refractivity contribution in [3.8, 4) is 0 Å². The number of amides is 2. The van der Waals surface area contributed by atoms with Crippen LogP contribution in [0.5, 0.6) is 0 Å². The minimum Gasteiger partial charge on any atom is -0.384 e. The Hall–Kier alpha value is -4.55. The second kappa shape index (κ2) is 23.9. The van der Waals surface area contributed by atoms with E-state index in [1.807, 2.05) is 4.90 Å². The molecule has 4 N–H and O–H groups in total. The van der Waals surface area contributed by atoms with Gasteiger partial charge in [0.2, 0.25) is 11.9 Å². The van der Waals surface area contributed by atoms with Crippen molar-refractivity contribution >= 4 is 29.4 Å². The number of hydrogen-bond acceptors (Lipinski definition) is 14. The number of hydrogen-bond donors (Lipinski definition) is 4. The fourth-order valence-corrected chi connectivity index (χ4v) is 6.78. The molecule has 0 aliphatic carbocycles. The molecule has 2 fully saturated rings. The van der Waals surface area contributed by atoms with Gasteiger partial charge in [-0.1, -0.05) is 36.4 Å². The molecule has 59 heavy (non-hydrogen) atoms. The Bertz CT molecular complexity index is 1740. The molecule has 2 aliphatic heterocycles. The number of pyridine rings is 1. The van der Waals surface area contributed by atoms with E-state index in [0.717, 1.165) is 39.3 Å². The molecule has 0 atom stereocenters. The lowest BCUT2D eigenvalue weighted by molar-refractivity contribution is -0.133. The van der Waals surface area contributed by atoms with Crippen LogP contribution in [0.2, 0.25) is 0 Å². The van der Waals surface area contributed by atoms with Gasteiger partial charge in [-0.3, -0.25) is 19.4 Å². The second-order valence-corrected chi connectivity index (χ2v) is 15.3. The molecule has 3 aromatic rings. The molecule has 0 saturated carbocycles. The van der Waals surface area contributed by atoms with Gasteiger partial charge in [-0.25, -0.2) is 9.97 Å². The number of carbonyl (C=O) groups is 2. The van der Waals surface area contributed by atoms with Gasteiger partial charge < -0.3 is 44.9 Å². The largest absolute Gasteiger partial charge is 0.384 e. The summed E-state index contributed by atoms with van der Waals surface area (Å²) in [4.78, 5) is 46.1. The Kier molecular flexibility index (Phi) is 18.4. The van der Waals surface area contributed by atoms with E-state index in [0.29, 0.717) is 96.1 Å². The number of aliphatic hydroxyl groups is 1. The number of ether oxygens (including phenoxy) is 4. The summed E-state index contributed by atoms with van der Waals surface area (Å²) >= 11 is 0. The van der Waals surface area contributed by atoms with Gasteiger partial charge in [-0.05, 0) is 49.9 Å². The molecule has 4 heterocycles. The first-order valence-corrected chi connectivity index (χ1v) is 20.6. The first-order chi connectivity index (χ1) is 28.6. The van der Waals surface area contributed by atoms with Gasteiger partial charge in [0.1, 0.15) is 22.8 Å². The third kappa shape index (κ3) is 15.5. The molecule has 16 heteroatoms. The highest BCUT2D eigenvalue weighted by Crippen LogP contribution is 2.24. The van der Waals surface area contributed by atoms with Crippen molar-refractivity contribution in [2.45, 2.75) is 57.9 Å². The maximum atomic E-state index is 12.9. The number of aromatic nitrogens is 3. The van der Waals surface area contributed by atoms with Crippen LogP contribution in [-0.2, 0) is 42.5 Å². The topological polar surface area (TPSA) is 176 Å². The summed E-state index contributed by atoms with van der Waals surface area (Å²) < 4.78 is 22.3. The van der Waals surface area contributed by atoms with E-state index in [1.54, 1.807) is 45.2 Å². The number of piperazine rings is 1. The summed E-state index contributed by atoms with van der Waals surface area (Å²) in [5.74, 6) is 0.732. The van der Waals surface area contributed by atoms with Crippen LogP contribution in [0.15, 0.2) is 61.3 Å². The Morgan fingerprint density at radius 2 is 1.54 bits per heavy atom. The molecular formula is C43H63N9O7. The van der Waals surface area contributed by atoms with Crippen LogP contribution in [0.25, 0.3) is 0 Å². The number of likely N-dealkylation sites (tertiary alicyclic amines) is 1. The first-order valence-electron chi connectivity index (χ1n) is 20.6. The van der Waals surface area contributed by atoms with Crippen LogP contribution in [0.4, 0.5) is 17.6 Å². The average molecular weight is 818 g/mol. The molecule has 0 bridgehead atoms. The molecule has 16 nitrogen and oxygen atoms in total. The van der Waals surface area contributed by atoms with Gasteiger partial charge in [0.05, 0.1) is 58.4 Å². The van der Waals surface area contributed by atoms with Crippen LogP contribution in [-0.4, -0.2) is 152 Å². The van der Waals surface area contributed by atoms with Gasteiger partial charge in [0, 0.05) is 78.3 Å². The van der Waals surface area contributed by atoms with E-state index in [2.05, 4.69) is 71.5 Å². The zero-order chi connectivity index (χ0) is 41.9. The number of benzene rings is 1. The molecule has 2 aromatic heterocycles. The van der Waals surface area contributed by atoms with Crippen LogP contribution in [0, 0.1) is 0 Å². The van der Waals surface area contributed by atoms with Gasteiger partial charge in [-0.15, -0.1) is 6.58 Å². The Balaban J connectivity index is 0.905. The normalized spacial score (nSPS) is 15.6. The number of carbonyl (C=O) groups excluding carboxylic acids is 2. The van der Waals surface area contributed by atoms with Crippen LogP contribution < -0.4 is 16.0 Å². The molecule has 1 aromatic carbocycles. The summed E-state index contributed by atoms with van der Waals surface area (Å²) in [5, 5.41) is 19.7. The van der Waals surface area contributed by atoms with E-state index < -0.39 is 5.60 Å². The number of methoxy groups -OCH3 is 1. The molecule has 2 saturated heterocycles. The summed E-state index contributed by atoms with van der Waals surface area (Å²) in [6.45, 7) is 18.1. The quantitative estimate of drug-likeness (QED) is 0.0763. The van der Waals surface area contributed by atoms with E-state index in [9.17, 15) is 14.7 Å². The van der Waals surface area contributed by atoms with Gasteiger partial charge >= 0.3 is 0 Å². The van der Waals surface area contributed by atoms with Gasteiger partial charge in [0.15, 0.2) is 0 Å². The number of nitrogens with zero attached hydrogens (tertiary/aromatic N) is 6. The predicted molar refractivity (Wildman–Crippen MR) is 226 cm³/mol. The SMILES string of the molecule is C=CCNC(=O)c1cnc(NC2CCN(C(=O)CCOCCOCCOCCN3CCN(Cc4ccc(COC)cc4)CC3)CC2)nc1Nc1cccc(C(C)(C)O)n1. The smallest absolute Gasteiger partial charge is 0.256 e. The second-order valence-electron chi connectivity index (χ2n) is 15.3. The van der Waals surface area contributed by atoms with E-state index in [1.165, 1.54) is 17.3 Å². The fraction of sp³-hybridized carbons (Fsp3) is 0.558. The van der Waals surface area contributed by atoms with Gasteiger partial charge in [0.25, 0.3) is 5.91 Å². The van der Waals surface area contributed by atoms with Crippen molar-refractivity contribution in [1.29, 1.82) is 0 Å². The standard InChI is InChI=1S/C43H63N9O7/c1-5-16-44-41(54)36-30-45-42(49-40(36)48-38-8-6-7-37(47-38)43(2,3)55)46-35-13-17-52(18-14-35)39(53)15-24-57-26-28-59-29-27-58-25-23-50-19-21-51(22-20-50)31-33-9-11-34(12-10-33)32-56-4/h5-12,30,35,55H,1,13-29,31-32H2,2-4H3,(H,44,54)(H2,45,46,47,48,49). The number of anilines is 3. The molecule has 322 valence electrons. The molecule has 5 rings (SSSR count). The number of rotatable bonds is 24. The summed E-state index contributed by atoms with van der Waals surface area (Å²) in [6, 6.07) is 14.0. The average Bonchev–Trinajstić information content (AvgIpc) is 3.23. The molecule has 0 spiro atoms. The number of nitrogens with one attached hydrogen (secondary N) is 3. The van der Waals surface area contributed by atoms with Crippen LogP contribution in [0.3, 0.4) is 0 Å². The molecular weight excluding hydrogens is 755 g/mol. The summed E-state index contributed by atoms with van der Waals surface area (Å²) in [6.07, 6.45) is 4.80. The van der Waals surface area contributed by atoms with Crippen molar-refractivity contribution in [1.82, 2.24) is 35.0 Å². The zero-order valence-corrected chi connectivity index (χ0v) is 35.0. The number of piperidine rings is 1. The lowest BCUT2D eigenvalue weighted by Crippen LogP contribution is -2.46. The first kappa shape index (κ1) is 45.5. The monoisotopic (exact) mass is 817 g/mol. The van der Waals surface area contributed by atoms with Crippen molar-refractivity contribution in [3.05, 3.63) is 83.7 Å². The molecule has 2 amide bonds.